The average molecular weight is 206 g/mol. The Labute approximate surface area is 88.3 Å². The van der Waals surface area contributed by atoms with Gasteiger partial charge < -0.3 is 5.32 Å². The highest BCUT2D eigenvalue weighted by molar-refractivity contribution is 5.82. The van der Waals surface area contributed by atoms with Crippen LogP contribution in [0.5, 0.6) is 0 Å². The maximum Gasteiger partial charge on any atom is 0.236 e. The van der Waals surface area contributed by atoms with Crippen LogP contribution in [0.15, 0.2) is 12.5 Å². The number of rotatable bonds is 1. The predicted octanol–water partition coefficient (Wildman–Crippen LogP) is -0.0660. The van der Waals surface area contributed by atoms with Gasteiger partial charge in [0.1, 0.15) is 6.33 Å². The molecule has 0 bridgehead atoms. The van der Waals surface area contributed by atoms with Crippen molar-refractivity contribution in [3.05, 3.63) is 23.8 Å². The van der Waals surface area contributed by atoms with Crippen LogP contribution in [0.4, 0.5) is 0 Å². The van der Waals surface area contributed by atoms with Crippen LogP contribution in [-0.4, -0.2) is 28.5 Å². The van der Waals surface area contributed by atoms with Gasteiger partial charge in [-0.2, -0.15) is 0 Å². The quantitative estimate of drug-likeness (QED) is 0.675. The monoisotopic (exact) mass is 206 g/mol. The molecule has 0 aromatic carbocycles. The molecule has 2 heterocycles. The van der Waals surface area contributed by atoms with Crippen molar-refractivity contribution in [2.45, 2.75) is 25.9 Å². The molecular weight excluding hydrogens is 192 g/mol. The number of piperazine rings is 1. The fraction of sp³-hybridized carbons (Fsp3) is 0.500. The van der Waals surface area contributed by atoms with Crippen LogP contribution in [0.25, 0.3) is 0 Å². The molecule has 0 saturated carbocycles. The molecule has 1 fully saturated rings. The van der Waals surface area contributed by atoms with Gasteiger partial charge in [0.15, 0.2) is 0 Å². The summed E-state index contributed by atoms with van der Waals surface area (Å²) in [4.78, 5) is 19.4. The minimum Gasteiger partial charge on any atom is -0.353 e. The van der Waals surface area contributed by atoms with Crippen molar-refractivity contribution in [1.29, 1.82) is 0 Å². The van der Waals surface area contributed by atoms with E-state index in [4.69, 9.17) is 0 Å². The van der Waals surface area contributed by atoms with Crippen molar-refractivity contribution >= 4 is 5.91 Å². The van der Waals surface area contributed by atoms with E-state index in [9.17, 15) is 4.79 Å². The van der Waals surface area contributed by atoms with E-state index in [0.29, 0.717) is 6.54 Å². The van der Waals surface area contributed by atoms with Gasteiger partial charge in [-0.15, -0.1) is 0 Å². The summed E-state index contributed by atoms with van der Waals surface area (Å²) in [5.41, 5.74) is 2.00. The van der Waals surface area contributed by atoms with Crippen molar-refractivity contribution in [2.24, 2.45) is 0 Å². The van der Waals surface area contributed by atoms with Gasteiger partial charge in [0.05, 0.1) is 12.1 Å². The summed E-state index contributed by atoms with van der Waals surface area (Å²) in [6.45, 7) is 4.39. The van der Waals surface area contributed by atoms with E-state index in [1.165, 1.54) is 6.33 Å². The third kappa shape index (κ3) is 1.97. The Balaban J connectivity index is 2.19. The first-order valence-corrected chi connectivity index (χ1v) is 4.98. The highest BCUT2D eigenvalue weighted by atomic mass is 16.2. The second kappa shape index (κ2) is 3.94. The summed E-state index contributed by atoms with van der Waals surface area (Å²) in [5, 5.41) is 6.08. The maximum absolute atomic E-state index is 11.3. The molecule has 1 aromatic rings. The third-order valence-corrected chi connectivity index (χ3v) is 2.65. The molecule has 80 valence electrons. The molecule has 1 aliphatic rings. The maximum atomic E-state index is 11.3. The first-order chi connectivity index (χ1) is 7.18. The number of hydrogen-bond acceptors (Lipinski definition) is 4. The Morgan fingerprint density at radius 2 is 2.33 bits per heavy atom. The van der Waals surface area contributed by atoms with Gasteiger partial charge in [0, 0.05) is 24.0 Å². The first-order valence-electron chi connectivity index (χ1n) is 4.98. The van der Waals surface area contributed by atoms with Gasteiger partial charge in [-0.1, -0.05) is 0 Å². The van der Waals surface area contributed by atoms with Crippen LogP contribution < -0.4 is 10.6 Å². The van der Waals surface area contributed by atoms with Gasteiger partial charge in [-0.05, 0) is 13.8 Å². The topological polar surface area (TPSA) is 66.9 Å². The lowest BCUT2D eigenvalue weighted by Crippen LogP contribution is -2.53. The predicted molar refractivity (Wildman–Crippen MR) is 55.1 cm³/mol. The molecule has 1 amide bonds. The number of amides is 1. The van der Waals surface area contributed by atoms with Gasteiger partial charge in [0.25, 0.3) is 0 Å². The van der Waals surface area contributed by atoms with E-state index in [-0.39, 0.29) is 18.0 Å². The normalized spacial score (nSPS) is 26.1. The molecule has 15 heavy (non-hydrogen) atoms. The van der Waals surface area contributed by atoms with Gasteiger partial charge in [-0.3, -0.25) is 10.1 Å². The Bertz CT molecular complexity index is 379. The molecule has 1 aromatic heterocycles. The molecule has 2 atom stereocenters. The summed E-state index contributed by atoms with van der Waals surface area (Å²) >= 11 is 0. The van der Waals surface area contributed by atoms with E-state index < -0.39 is 0 Å². The lowest BCUT2D eigenvalue weighted by Gasteiger charge is -2.29. The molecule has 1 unspecified atom stereocenters. The number of aromatic nitrogens is 2. The molecule has 0 radical (unpaired) electrons. The molecule has 5 nitrogen and oxygen atoms in total. The highest BCUT2D eigenvalue weighted by Crippen LogP contribution is 2.16. The molecule has 2 rings (SSSR count). The van der Waals surface area contributed by atoms with Crippen molar-refractivity contribution in [3.63, 3.8) is 0 Å². The smallest absolute Gasteiger partial charge is 0.236 e. The van der Waals surface area contributed by atoms with Crippen molar-refractivity contribution in [1.82, 2.24) is 20.6 Å². The molecule has 1 aliphatic heterocycles. The van der Waals surface area contributed by atoms with Crippen LogP contribution in [-0.2, 0) is 4.79 Å². The molecular formula is C10H14N4O. The van der Waals surface area contributed by atoms with E-state index in [2.05, 4.69) is 20.6 Å². The van der Waals surface area contributed by atoms with Crippen LogP contribution >= 0.6 is 0 Å². The Morgan fingerprint density at radius 1 is 1.53 bits per heavy atom. The van der Waals surface area contributed by atoms with E-state index >= 15 is 0 Å². The Kier molecular flexibility index (Phi) is 2.64. The van der Waals surface area contributed by atoms with Gasteiger partial charge in [0.2, 0.25) is 5.91 Å². The lowest BCUT2D eigenvalue weighted by atomic mass is 10.0. The van der Waals surface area contributed by atoms with Crippen LogP contribution in [0.3, 0.4) is 0 Å². The number of aryl methyl sites for hydroxylation is 1. The second-order valence-corrected chi connectivity index (χ2v) is 3.75. The second-order valence-electron chi connectivity index (χ2n) is 3.75. The molecule has 0 aliphatic carbocycles. The summed E-state index contributed by atoms with van der Waals surface area (Å²) in [7, 11) is 0. The summed E-state index contributed by atoms with van der Waals surface area (Å²) in [5.74, 6) is 0.0424. The number of nitrogens with one attached hydrogen (secondary N) is 2. The molecule has 0 spiro atoms. The van der Waals surface area contributed by atoms with Gasteiger partial charge >= 0.3 is 0 Å². The fourth-order valence-electron chi connectivity index (χ4n) is 1.74. The standard InChI is InChI=1S/C10H14N4O/c1-6-8(3-11-5-13-6)9-4-12-10(15)7(2)14-9/h3,5,7,9,14H,4H2,1-2H3,(H,12,15)/t7-,9?/m1/s1. The highest BCUT2D eigenvalue weighted by Gasteiger charge is 2.26. The fourth-order valence-corrected chi connectivity index (χ4v) is 1.74. The van der Waals surface area contributed by atoms with Crippen molar-refractivity contribution in [2.75, 3.05) is 6.54 Å². The average Bonchev–Trinajstić information content (AvgIpc) is 2.23. The van der Waals surface area contributed by atoms with E-state index in [1.807, 2.05) is 13.8 Å². The van der Waals surface area contributed by atoms with Gasteiger partial charge in [-0.25, -0.2) is 9.97 Å². The zero-order valence-electron chi connectivity index (χ0n) is 8.82. The van der Waals surface area contributed by atoms with Crippen LogP contribution in [0.1, 0.15) is 24.2 Å². The zero-order chi connectivity index (χ0) is 10.8. The van der Waals surface area contributed by atoms with Crippen LogP contribution in [0, 0.1) is 6.92 Å². The van der Waals surface area contributed by atoms with Crippen LogP contribution in [0.2, 0.25) is 0 Å². The van der Waals surface area contributed by atoms with Crippen molar-refractivity contribution < 1.29 is 4.79 Å². The van der Waals surface area contributed by atoms with E-state index in [1.54, 1.807) is 6.20 Å². The number of hydrogen-bond donors (Lipinski definition) is 2. The summed E-state index contributed by atoms with van der Waals surface area (Å²) in [6, 6.07) is -0.0535. The molecule has 2 N–H and O–H groups in total. The Morgan fingerprint density at radius 3 is 3.00 bits per heavy atom. The third-order valence-electron chi connectivity index (χ3n) is 2.65. The largest absolute Gasteiger partial charge is 0.353 e. The molecule has 1 saturated heterocycles. The first kappa shape index (κ1) is 10.0. The number of carbonyl (C=O) groups is 1. The minimum absolute atomic E-state index is 0.0424. The molecule has 5 heteroatoms. The van der Waals surface area contributed by atoms with Crippen molar-refractivity contribution in [3.8, 4) is 0 Å². The Hall–Kier alpha value is -1.49. The summed E-state index contributed by atoms with van der Waals surface area (Å²) in [6.07, 6.45) is 3.33. The SMILES string of the molecule is Cc1ncncc1C1CNC(=O)[C@@H](C)N1. The minimum atomic E-state index is -0.164. The zero-order valence-corrected chi connectivity index (χ0v) is 8.82. The van der Waals surface area contributed by atoms with E-state index in [0.717, 1.165) is 11.3 Å². The summed E-state index contributed by atoms with van der Waals surface area (Å²) < 4.78 is 0. The number of nitrogens with zero attached hydrogens (tertiary/aromatic N) is 2. The lowest BCUT2D eigenvalue weighted by molar-refractivity contribution is -0.124. The number of carbonyl (C=O) groups excluding carboxylic acids is 1.